The van der Waals surface area contributed by atoms with Crippen LogP contribution in [0, 0.1) is 5.92 Å². The van der Waals surface area contributed by atoms with Gasteiger partial charge in [0.25, 0.3) is 5.91 Å². The molecule has 13 nitrogen and oxygen atoms in total. The van der Waals surface area contributed by atoms with Crippen LogP contribution in [0.2, 0.25) is 0 Å². The van der Waals surface area contributed by atoms with E-state index in [4.69, 9.17) is 4.74 Å². The molecular formula is C53H58N6O7. The number of benzene rings is 5. The van der Waals surface area contributed by atoms with Crippen molar-refractivity contribution in [3.8, 4) is 0 Å². The van der Waals surface area contributed by atoms with Gasteiger partial charge in [-0.3, -0.25) is 24.1 Å². The van der Waals surface area contributed by atoms with Crippen molar-refractivity contribution in [1.82, 2.24) is 31.1 Å². The van der Waals surface area contributed by atoms with Crippen LogP contribution in [0.3, 0.4) is 0 Å². The third-order valence-electron chi connectivity index (χ3n) is 11.4. The van der Waals surface area contributed by atoms with E-state index in [1.54, 1.807) is 7.05 Å². The lowest BCUT2D eigenvalue weighted by Gasteiger charge is -2.37. The van der Waals surface area contributed by atoms with Gasteiger partial charge in [-0.25, -0.2) is 9.59 Å². The van der Waals surface area contributed by atoms with Crippen LogP contribution < -0.4 is 21.3 Å². The SMILES string of the molecule is CC(C)C[C@H](NC(=O)OCc1ccccc1)C(=O)N[C@@H](Cc1ccccc1)C(=O)N[C@H](/C=C/C(=O)N1CCN(C)C1=O)CCC(=O)NC(c1ccccc1)(c1ccccc1)c1ccccc1. The maximum Gasteiger partial charge on any atom is 0.408 e. The lowest BCUT2D eigenvalue weighted by Crippen LogP contribution is -2.56. The Morgan fingerprint density at radius 2 is 1.15 bits per heavy atom. The van der Waals surface area contributed by atoms with E-state index in [0.717, 1.165) is 32.7 Å². The highest BCUT2D eigenvalue weighted by Crippen LogP contribution is 2.37. The Kier molecular flexibility index (Phi) is 17.0. The van der Waals surface area contributed by atoms with Crippen LogP contribution in [0.25, 0.3) is 0 Å². The van der Waals surface area contributed by atoms with Crippen LogP contribution in [-0.2, 0) is 42.5 Å². The highest BCUT2D eigenvalue weighted by molar-refractivity contribution is 6.01. The molecular weight excluding hydrogens is 833 g/mol. The summed E-state index contributed by atoms with van der Waals surface area (Å²) in [6, 6.07) is 43.8. The van der Waals surface area contributed by atoms with E-state index in [-0.39, 0.29) is 50.7 Å². The van der Waals surface area contributed by atoms with Crippen molar-refractivity contribution >= 4 is 35.8 Å². The van der Waals surface area contributed by atoms with Crippen LogP contribution in [0.15, 0.2) is 164 Å². The highest BCUT2D eigenvalue weighted by atomic mass is 16.5. The number of ether oxygens (including phenoxy) is 1. The van der Waals surface area contributed by atoms with Crippen LogP contribution in [0.5, 0.6) is 0 Å². The molecule has 1 aliphatic rings. The summed E-state index contributed by atoms with van der Waals surface area (Å²) in [6.45, 7) is 4.41. The van der Waals surface area contributed by atoms with Crippen LogP contribution in [0.1, 0.15) is 60.9 Å². The summed E-state index contributed by atoms with van der Waals surface area (Å²) >= 11 is 0. The van der Waals surface area contributed by atoms with Gasteiger partial charge in [-0.15, -0.1) is 0 Å². The number of nitrogens with zero attached hydrogens (tertiary/aromatic N) is 2. The highest BCUT2D eigenvalue weighted by Gasteiger charge is 2.38. The number of hydrogen-bond donors (Lipinski definition) is 4. The monoisotopic (exact) mass is 890 g/mol. The van der Waals surface area contributed by atoms with Gasteiger partial charge in [0.2, 0.25) is 17.7 Å². The molecule has 0 aliphatic carbocycles. The van der Waals surface area contributed by atoms with Gasteiger partial charge in [0, 0.05) is 45.1 Å². The molecule has 3 atom stereocenters. The Bertz CT molecular complexity index is 2320. The fourth-order valence-electron chi connectivity index (χ4n) is 7.92. The van der Waals surface area contributed by atoms with Crippen molar-refractivity contribution < 1.29 is 33.5 Å². The van der Waals surface area contributed by atoms with E-state index in [0.29, 0.717) is 6.54 Å². The summed E-state index contributed by atoms with van der Waals surface area (Å²) < 4.78 is 5.43. The molecule has 1 aliphatic heterocycles. The Morgan fingerprint density at radius 1 is 0.652 bits per heavy atom. The zero-order chi connectivity index (χ0) is 46.9. The minimum absolute atomic E-state index is 0.00549. The molecule has 66 heavy (non-hydrogen) atoms. The molecule has 1 saturated heterocycles. The van der Waals surface area contributed by atoms with Gasteiger partial charge in [0.1, 0.15) is 24.2 Å². The maximum absolute atomic E-state index is 14.5. The Hall–Kier alpha value is -7.54. The summed E-state index contributed by atoms with van der Waals surface area (Å²) in [5.41, 5.74) is 2.95. The van der Waals surface area contributed by atoms with E-state index in [2.05, 4.69) is 21.3 Å². The molecule has 0 spiro atoms. The minimum atomic E-state index is -1.15. The summed E-state index contributed by atoms with van der Waals surface area (Å²) in [5, 5.41) is 11.9. The predicted octanol–water partition coefficient (Wildman–Crippen LogP) is 6.88. The molecule has 1 heterocycles. The molecule has 1 fully saturated rings. The molecule has 0 unspecified atom stereocenters. The average molecular weight is 891 g/mol. The van der Waals surface area contributed by atoms with E-state index in [1.165, 1.54) is 17.1 Å². The van der Waals surface area contributed by atoms with Gasteiger partial charge in [0.05, 0.1) is 0 Å². The molecule has 0 bridgehead atoms. The van der Waals surface area contributed by atoms with E-state index in [1.807, 2.05) is 166 Å². The lowest BCUT2D eigenvalue weighted by atomic mass is 9.77. The first-order valence-electron chi connectivity index (χ1n) is 22.3. The Balaban J connectivity index is 1.25. The number of hydrogen-bond acceptors (Lipinski definition) is 7. The first-order chi connectivity index (χ1) is 31.9. The third-order valence-corrected chi connectivity index (χ3v) is 11.4. The molecule has 0 saturated carbocycles. The van der Waals surface area contributed by atoms with E-state index < -0.39 is 53.5 Å². The van der Waals surface area contributed by atoms with Crippen LogP contribution in [-0.4, -0.2) is 83.8 Å². The molecule has 5 aromatic carbocycles. The number of likely N-dealkylation sites (N-methyl/N-ethyl adjacent to an activating group) is 1. The molecule has 13 heteroatoms. The molecule has 0 aromatic heterocycles. The summed E-state index contributed by atoms with van der Waals surface area (Å²) in [6.07, 6.45) is 2.22. The van der Waals surface area contributed by atoms with Crippen molar-refractivity contribution in [2.24, 2.45) is 5.92 Å². The number of urea groups is 1. The van der Waals surface area contributed by atoms with Gasteiger partial charge in [-0.1, -0.05) is 172 Å². The number of amides is 7. The van der Waals surface area contributed by atoms with Gasteiger partial charge >= 0.3 is 12.1 Å². The zero-order valence-corrected chi connectivity index (χ0v) is 37.6. The minimum Gasteiger partial charge on any atom is -0.445 e. The zero-order valence-electron chi connectivity index (χ0n) is 37.6. The van der Waals surface area contributed by atoms with Gasteiger partial charge in [-0.05, 0) is 46.6 Å². The molecule has 342 valence electrons. The average Bonchev–Trinajstić information content (AvgIpc) is 3.68. The standard InChI is InChI=1S/C53H58N6O7/c1-38(2)35-45(56-51(64)66-37-40-21-11-5-12-22-40)50(63)55-46(36-39-19-9-4-10-20-39)49(62)54-44(30-32-48(61)59-34-33-58(3)52(59)65)29-31-47(60)57-53(41-23-13-6-14-24-41,42-25-15-7-16-26-42)43-27-17-8-18-28-43/h4-28,30,32,38,44-46H,29,31,33-37H2,1-3H3,(H,54,62)(H,55,63)(H,56,64)(H,57,60)/b32-30+/t44-,45-,46-/m0/s1. The smallest absolute Gasteiger partial charge is 0.408 e. The molecule has 5 aromatic rings. The van der Waals surface area contributed by atoms with Crippen LogP contribution >= 0.6 is 0 Å². The fraction of sp³-hybridized carbons (Fsp3) is 0.283. The third kappa shape index (κ3) is 13.0. The van der Waals surface area contributed by atoms with E-state index in [9.17, 15) is 28.8 Å². The quantitative estimate of drug-likeness (QED) is 0.0489. The van der Waals surface area contributed by atoms with Crippen molar-refractivity contribution in [3.05, 3.63) is 192 Å². The summed E-state index contributed by atoms with van der Waals surface area (Å²) in [4.78, 5) is 84.7. The number of imide groups is 1. The molecule has 7 amide bonds. The normalized spacial score (nSPS) is 14.0. The molecule has 4 N–H and O–H groups in total. The van der Waals surface area contributed by atoms with Crippen molar-refractivity contribution in [3.63, 3.8) is 0 Å². The Labute approximate surface area is 386 Å². The largest absolute Gasteiger partial charge is 0.445 e. The topological polar surface area (TPSA) is 166 Å². The number of nitrogens with one attached hydrogen (secondary N) is 4. The fourth-order valence-corrected chi connectivity index (χ4v) is 7.92. The molecule has 0 radical (unpaired) electrons. The van der Waals surface area contributed by atoms with Crippen molar-refractivity contribution in [2.45, 2.75) is 69.8 Å². The first-order valence-corrected chi connectivity index (χ1v) is 22.3. The first kappa shape index (κ1) is 47.9. The number of carbonyl (C=O) groups is 6. The van der Waals surface area contributed by atoms with Crippen molar-refractivity contribution in [1.29, 1.82) is 0 Å². The van der Waals surface area contributed by atoms with Crippen molar-refractivity contribution in [2.75, 3.05) is 20.1 Å². The van der Waals surface area contributed by atoms with Gasteiger partial charge in [0.15, 0.2) is 0 Å². The second-order valence-corrected chi connectivity index (χ2v) is 16.7. The number of carbonyl (C=O) groups excluding carboxylic acids is 6. The number of rotatable bonds is 20. The second-order valence-electron chi connectivity index (χ2n) is 16.7. The van der Waals surface area contributed by atoms with E-state index >= 15 is 0 Å². The lowest BCUT2D eigenvalue weighted by molar-refractivity contribution is -0.130. The second kappa shape index (κ2) is 23.4. The predicted molar refractivity (Wildman–Crippen MR) is 252 cm³/mol. The number of alkyl carbamates (subject to hydrolysis) is 1. The summed E-state index contributed by atoms with van der Waals surface area (Å²) in [7, 11) is 1.61. The van der Waals surface area contributed by atoms with Gasteiger partial charge < -0.3 is 30.9 Å². The molecule has 6 rings (SSSR count). The Morgan fingerprint density at radius 3 is 1.65 bits per heavy atom. The summed E-state index contributed by atoms with van der Waals surface area (Å²) in [5.74, 6) is -2.10. The maximum atomic E-state index is 14.5. The van der Waals surface area contributed by atoms with Crippen LogP contribution in [0.4, 0.5) is 9.59 Å². The van der Waals surface area contributed by atoms with Gasteiger partial charge in [-0.2, -0.15) is 0 Å².